The predicted molar refractivity (Wildman–Crippen MR) is 67.6 cm³/mol. The van der Waals surface area contributed by atoms with Crippen molar-refractivity contribution < 1.29 is 32.7 Å². The zero-order valence-corrected chi connectivity index (χ0v) is 11.6. The number of likely N-dealkylation sites (tertiary alicyclic amines) is 2. The summed E-state index contributed by atoms with van der Waals surface area (Å²) in [5, 5.41) is 9.45. The van der Waals surface area contributed by atoms with Gasteiger partial charge in [-0.25, -0.2) is 0 Å². The third-order valence-electron chi connectivity index (χ3n) is 4.11. The number of halogens is 3. The lowest BCUT2D eigenvalue weighted by atomic mass is 9.81. The molecule has 0 saturated carbocycles. The Morgan fingerprint density at radius 2 is 2.05 bits per heavy atom. The first-order valence-corrected chi connectivity index (χ1v) is 6.58. The van der Waals surface area contributed by atoms with E-state index in [0.29, 0.717) is 0 Å². The maximum atomic E-state index is 12.3. The van der Waals surface area contributed by atoms with E-state index < -0.39 is 41.7 Å². The van der Waals surface area contributed by atoms with Crippen molar-refractivity contribution in [2.24, 2.45) is 11.3 Å². The first-order valence-electron chi connectivity index (χ1n) is 6.58. The van der Waals surface area contributed by atoms with Crippen molar-refractivity contribution >= 4 is 17.8 Å². The van der Waals surface area contributed by atoms with Crippen molar-refractivity contribution in [2.75, 3.05) is 26.2 Å². The lowest BCUT2D eigenvalue weighted by Gasteiger charge is -2.25. The van der Waals surface area contributed by atoms with Gasteiger partial charge >= 0.3 is 12.1 Å². The minimum atomic E-state index is -4.66. The standard InChI is InChI=1S/C13H15F3N2O4/c1-2-3-17-6-12(11(21)22)7-18(5-8(12)10(17)20)9(19)4-13(14,15)16/h2,8H,1,3-7H2,(H,21,22)/t8-,12+/m1/s1. The molecule has 2 amide bonds. The molecule has 2 rings (SSSR count). The van der Waals surface area contributed by atoms with Gasteiger partial charge in [-0.05, 0) is 0 Å². The Morgan fingerprint density at radius 1 is 1.41 bits per heavy atom. The molecule has 2 aliphatic rings. The third kappa shape index (κ3) is 2.67. The Labute approximate surface area is 124 Å². The zero-order chi connectivity index (χ0) is 16.7. The second kappa shape index (κ2) is 5.29. The summed E-state index contributed by atoms with van der Waals surface area (Å²) in [5.41, 5.74) is -1.54. The summed E-state index contributed by atoms with van der Waals surface area (Å²) < 4.78 is 36.9. The fourth-order valence-electron chi connectivity index (χ4n) is 3.09. The van der Waals surface area contributed by atoms with E-state index in [4.69, 9.17) is 0 Å². The number of alkyl halides is 3. The van der Waals surface area contributed by atoms with E-state index in [1.54, 1.807) is 0 Å². The lowest BCUT2D eigenvalue weighted by molar-refractivity contribution is -0.161. The largest absolute Gasteiger partial charge is 0.481 e. The normalized spacial score (nSPS) is 28.0. The number of rotatable bonds is 4. The molecule has 0 bridgehead atoms. The van der Waals surface area contributed by atoms with Gasteiger partial charge in [-0.3, -0.25) is 14.4 Å². The maximum Gasteiger partial charge on any atom is 0.397 e. The quantitative estimate of drug-likeness (QED) is 0.765. The van der Waals surface area contributed by atoms with Crippen LogP contribution in [0.25, 0.3) is 0 Å². The van der Waals surface area contributed by atoms with Crippen molar-refractivity contribution in [3.05, 3.63) is 12.7 Å². The van der Waals surface area contributed by atoms with Gasteiger partial charge in [-0.2, -0.15) is 13.2 Å². The van der Waals surface area contributed by atoms with Gasteiger partial charge in [0.05, 0.1) is 5.92 Å². The second-order valence-corrected chi connectivity index (χ2v) is 5.59. The molecule has 2 saturated heterocycles. The number of hydrogen-bond donors (Lipinski definition) is 1. The van der Waals surface area contributed by atoms with Crippen LogP contribution in [-0.4, -0.2) is 65.0 Å². The van der Waals surface area contributed by atoms with Crippen molar-refractivity contribution in [1.82, 2.24) is 9.80 Å². The molecular weight excluding hydrogens is 305 g/mol. The maximum absolute atomic E-state index is 12.3. The smallest absolute Gasteiger partial charge is 0.397 e. The number of nitrogens with zero attached hydrogens (tertiary/aromatic N) is 2. The summed E-state index contributed by atoms with van der Waals surface area (Å²) in [6.45, 7) is 2.82. The van der Waals surface area contributed by atoms with Crippen molar-refractivity contribution in [3.63, 3.8) is 0 Å². The van der Waals surface area contributed by atoms with E-state index in [2.05, 4.69) is 6.58 Å². The molecular formula is C13H15F3N2O4. The molecule has 2 aliphatic heterocycles. The van der Waals surface area contributed by atoms with Crippen molar-refractivity contribution in [3.8, 4) is 0 Å². The number of carboxylic acid groups (broad SMARTS) is 1. The van der Waals surface area contributed by atoms with E-state index in [1.807, 2.05) is 0 Å². The van der Waals surface area contributed by atoms with Crippen LogP contribution in [0.1, 0.15) is 6.42 Å². The summed E-state index contributed by atoms with van der Waals surface area (Å²) in [5.74, 6) is -3.96. The molecule has 0 aromatic carbocycles. The molecule has 0 radical (unpaired) electrons. The van der Waals surface area contributed by atoms with E-state index in [9.17, 15) is 32.7 Å². The second-order valence-electron chi connectivity index (χ2n) is 5.59. The average molecular weight is 320 g/mol. The van der Waals surface area contributed by atoms with Gasteiger partial charge in [0, 0.05) is 26.2 Å². The minimum Gasteiger partial charge on any atom is -0.481 e. The van der Waals surface area contributed by atoms with Gasteiger partial charge in [-0.1, -0.05) is 6.08 Å². The van der Waals surface area contributed by atoms with Crippen LogP contribution in [-0.2, 0) is 14.4 Å². The highest BCUT2D eigenvalue weighted by atomic mass is 19.4. The van der Waals surface area contributed by atoms with Gasteiger partial charge < -0.3 is 14.9 Å². The summed E-state index contributed by atoms with van der Waals surface area (Å²) >= 11 is 0. The average Bonchev–Trinajstić information content (AvgIpc) is 2.86. The van der Waals surface area contributed by atoms with Crippen LogP contribution in [0.4, 0.5) is 13.2 Å². The fourth-order valence-corrected chi connectivity index (χ4v) is 3.09. The van der Waals surface area contributed by atoms with Crippen LogP contribution in [0.5, 0.6) is 0 Å². The summed E-state index contributed by atoms with van der Waals surface area (Å²) in [6.07, 6.45) is -4.87. The van der Waals surface area contributed by atoms with Crippen LogP contribution in [0.3, 0.4) is 0 Å². The van der Waals surface area contributed by atoms with Gasteiger partial charge in [-0.15, -0.1) is 6.58 Å². The first kappa shape index (κ1) is 16.3. The molecule has 1 N–H and O–H groups in total. The van der Waals surface area contributed by atoms with E-state index >= 15 is 0 Å². The number of aliphatic carboxylic acids is 1. The Hall–Kier alpha value is -2.06. The highest BCUT2D eigenvalue weighted by molar-refractivity contribution is 5.94. The third-order valence-corrected chi connectivity index (χ3v) is 4.11. The van der Waals surface area contributed by atoms with Gasteiger partial charge in [0.1, 0.15) is 11.8 Å². The van der Waals surface area contributed by atoms with Gasteiger partial charge in [0.25, 0.3) is 0 Å². The predicted octanol–water partition coefficient (Wildman–Crippen LogP) is 0.496. The molecule has 0 spiro atoms. The number of carbonyl (C=O) groups excluding carboxylic acids is 2. The van der Waals surface area contributed by atoms with E-state index in [1.165, 1.54) is 11.0 Å². The molecule has 9 heteroatoms. The van der Waals surface area contributed by atoms with Gasteiger partial charge in [0.2, 0.25) is 11.8 Å². The summed E-state index contributed by atoms with van der Waals surface area (Å²) in [7, 11) is 0. The lowest BCUT2D eigenvalue weighted by Crippen LogP contribution is -2.42. The Morgan fingerprint density at radius 3 is 2.50 bits per heavy atom. The summed E-state index contributed by atoms with van der Waals surface area (Å²) in [6, 6.07) is 0. The molecule has 0 unspecified atom stereocenters. The molecule has 2 fully saturated rings. The number of amides is 2. The molecule has 0 aromatic rings. The Kier molecular flexibility index (Phi) is 3.92. The SMILES string of the molecule is C=CCN1C[C@]2(C(=O)O)CN(C(=O)CC(F)(F)F)C[C@@H]2C1=O. The molecule has 0 aromatic heterocycles. The fraction of sp³-hybridized carbons (Fsp3) is 0.615. The monoisotopic (exact) mass is 320 g/mol. The highest BCUT2D eigenvalue weighted by Crippen LogP contribution is 2.44. The van der Waals surface area contributed by atoms with E-state index in [0.717, 1.165) is 4.90 Å². The van der Waals surface area contributed by atoms with Crippen LogP contribution in [0.15, 0.2) is 12.7 Å². The van der Waals surface area contributed by atoms with Crippen LogP contribution in [0.2, 0.25) is 0 Å². The number of carbonyl (C=O) groups is 3. The Balaban J connectivity index is 2.20. The van der Waals surface area contributed by atoms with E-state index in [-0.39, 0.29) is 26.2 Å². The molecule has 22 heavy (non-hydrogen) atoms. The number of fused-ring (bicyclic) bond motifs is 1. The molecule has 6 nitrogen and oxygen atoms in total. The van der Waals surface area contributed by atoms with Crippen molar-refractivity contribution in [1.29, 1.82) is 0 Å². The van der Waals surface area contributed by atoms with Crippen molar-refractivity contribution in [2.45, 2.75) is 12.6 Å². The van der Waals surface area contributed by atoms with Crippen LogP contribution in [0, 0.1) is 11.3 Å². The topological polar surface area (TPSA) is 77.9 Å². The first-order chi connectivity index (χ1) is 10.1. The molecule has 2 heterocycles. The zero-order valence-electron chi connectivity index (χ0n) is 11.6. The van der Waals surface area contributed by atoms with Crippen LogP contribution >= 0.6 is 0 Å². The molecule has 122 valence electrons. The van der Waals surface area contributed by atoms with Crippen LogP contribution < -0.4 is 0 Å². The number of carboxylic acids is 1. The van der Waals surface area contributed by atoms with Gasteiger partial charge in [0.15, 0.2) is 0 Å². The summed E-state index contributed by atoms with van der Waals surface area (Å²) in [4.78, 5) is 37.6. The molecule has 2 atom stereocenters. The minimum absolute atomic E-state index is 0.131. The molecule has 0 aliphatic carbocycles. The highest BCUT2D eigenvalue weighted by Gasteiger charge is 2.62. The number of hydrogen-bond acceptors (Lipinski definition) is 3. The Bertz CT molecular complexity index is 534.